The van der Waals surface area contributed by atoms with Gasteiger partial charge in [-0.1, -0.05) is 29.4 Å². The Morgan fingerprint density at radius 3 is 2.38 bits per heavy atom. The second-order valence-electron chi connectivity index (χ2n) is 8.13. The van der Waals surface area contributed by atoms with Crippen molar-refractivity contribution in [3.8, 4) is 22.6 Å². The standard InChI is InChI=1S/C25H27FN4O4/c1-13-11-18-19(26)12-20(32-5)24(33-6)22(18)23(28-30(13)25(31)27-4)17-9-7-16(8-10-17)21-14(2)29-34-15(21)3/h7-10,12-13H,11H2,1-6H3,(H,27,31). The van der Waals surface area contributed by atoms with Crippen LogP contribution in [0.1, 0.15) is 35.1 Å². The fraction of sp³-hybridized carbons (Fsp3) is 0.320. The van der Waals surface area contributed by atoms with Crippen LogP contribution < -0.4 is 14.8 Å². The number of urea groups is 1. The first-order valence-electron chi connectivity index (χ1n) is 10.9. The predicted molar refractivity (Wildman–Crippen MR) is 126 cm³/mol. The number of hydrogen-bond acceptors (Lipinski definition) is 6. The molecular weight excluding hydrogens is 439 g/mol. The molecule has 1 N–H and O–H groups in total. The summed E-state index contributed by atoms with van der Waals surface area (Å²) in [4.78, 5) is 12.6. The highest BCUT2D eigenvalue weighted by molar-refractivity contribution is 6.16. The highest BCUT2D eigenvalue weighted by atomic mass is 19.1. The van der Waals surface area contributed by atoms with Crippen LogP contribution in [0.4, 0.5) is 9.18 Å². The molecule has 178 valence electrons. The Labute approximate surface area is 197 Å². The molecule has 0 bridgehead atoms. The van der Waals surface area contributed by atoms with E-state index in [-0.39, 0.29) is 12.2 Å². The smallest absolute Gasteiger partial charge is 0.337 e. The molecule has 0 saturated carbocycles. The lowest BCUT2D eigenvalue weighted by Gasteiger charge is -2.22. The van der Waals surface area contributed by atoms with Crippen LogP contribution in [0.3, 0.4) is 0 Å². The van der Waals surface area contributed by atoms with Gasteiger partial charge in [-0.2, -0.15) is 5.10 Å². The molecule has 1 unspecified atom stereocenters. The van der Waals surface area contributed by atoms with Crippen LogP contribution in [0.2, 0.25) is 0 Å². The van der Waals surface area contributed by atoms with Crippen LogP contribution in [0, 0.1) is 19.7 Å². The number of carbonyl (C=O) groups excluding carboxylic acids is 1. The van der Waals surface area contributed by atoms with E-state index in [0.717, 1.165) is 22.6 Å². The highest BCUT2D eigenvalue weighted by Crippen LogP contribution is 2.40. The molecule has 0 aliphatic carbocycles. The van der Waals surface area contributed by atoms with Gasteiger partial charge in [-0.15, -0.1) is 0 Å². The molecule has 4 rings (SSSR count). The van der Waals surface area contributed by atoms with E-state index in [0.29, 0.717) is 28.2 Å². The number of hydrazone groups is 1. The lowest BCUT2D eigenvalue weighted by Crippen LogP contribution is -2.41. The molecule has 0 spiro atoms. The van der Waals surface area contributed by atoms with Gasteiger partial charge >= 0.3 is 6.03 Å². The normalized spacial score (nSPS) is 15.3. The van der Waals surface area contributed by atoms with E-state index in [9.17, 15) is 4.79 Å². The van der Waals surface area contributed by atoms with Crippen molar-refractivity contribution in [3.05, 3.63) is 64.3 Å². The monoisotopic (exact) mass is 466 g/mol. The van der Waals surface area contributed by atoms with E-state index < -0.39 is 17.9 Å². The minimum Gasteiger partial charge on any atom is -0.493 e. The van der Waals surface area contributed by atoms with Gasteiger partial charge in [0.15, 0.2) is 11.5 Å². The number of nitrogens with one attached hydrogen (secondary N) is 1. The number of methoxy groups -OCH3 is 2. The molecule has 9 heteroatoms. The Bertz CT molecular complexity index is 1250. The van der Waals surface area contributed by atoms with Gasteiger partial charge in [-0.25, -0.2) is 14.2 Å². The molecule has 1 aliphatic rings. The van der Waals surface area contributed by atoms with E-state index in [4.69, 9.17) is 19.1 Å². The number of benzene rings is 2. The van der Waals surface area contributed by atoms with Crippen molar-refractivity contribution in [1.82, 2.24) is 15.5 Å². The number of amides is 2. The first kappa shape index (κ1) is 23.3. The topological polar surface area (TPSA) is 89.2 Å². The number of halogens is 1. The van der Waals surface area contributed by atoms with E-state index in [1.165, 1.54) is 32.3 Å². The van der Waals surface area contributed by atoms with Crippen LogP contribution in [0.15, 0.2) is 40.0 Å². The van der Waals surface area contributed by atoms with Crippen LogP contribution >= 0.6 is 0 Å². The third-order valence-electron chi connectivity index (χ3n) is 5.99. The average molecular weight is 467 g/mol. The number of aryl methyl sites for hydroxylation is 2. The zero-order valence-corrected chi connectivity index (χ0v) is 20.0. The zero-order chi connectivity index (χ0) is 24.6. The van der Waals surface area contributed by atoms with Gasteiger partial charge in [-0.3, -0.25) is 0 Å². The van der Waals surface area contributed by atoms with Gasteiger partial charge in [-0.05, 0) is 32.8 Å². The molecule has 1 aromatic heterocycles. The largest absolute Gasteiger partial charge is 0.493 e. The molecule has 2 amide bonds. The molecule has 2 aromatic carbocycles. The number of hydrogen-bond donors (Lipinski definition) is 1. The molecular formula is C25H27FN4O4. The second kappa shape index (κ2) is 9.17. The number of nitrogens with zero attached hydrogens (tertiary/aromatic N) is 3. The molecule has 1 atom stereocenters. The summed E-state index contributed by atoms with van der Waals surface area (Å²) in [5, 5.41) is 12.7. The average Bonchev–Trinajstić information content (AvgIpc) is 3.09. The van der Waals surface area contributed by atoms with Crippen molar-refractivity contribution in [2.75, 3.05) is 21.3 Å². The van der Waals surface area contributed by atoms with Crippen molar-refractivity contribution in [2.24, 2.45) is 5.10 Å². The minimum absolute atomic E-state index is 0.249. The molecule has 2 heterocycles. The summed E-state index contributed by atoms with van der Waals surface area (Å²) in [5.74, 6) is 0.882. The second-order valence-corrected chi connectivity index (χ2v) is 8.13. The van der Waals surface area contributed by atoms with Gasteiger partial charge in [0.05, 0.1) is 31.5 Å². The number of carbonyl (C=O) groups is 1. The minimum atomic E-state index is -0.446. The molecule has 3 aromatic rings. The number of rotatable bonds is 4. The molecule has 34 heavy (non-hydrogen) atoms. The summed E-state index contributed by atoms with van der Waals surface area (Å²) < 4.78 is 31.6. The fourth-order valence-electron chi connectivity index (χ4n) is 4.34. The third kappa shape index (κ3) is 3.87. The lowest BCUT2D eigenvalue weighted by molar-refractivity contribution is 0.184. The van der Waals surface area contributed by atoms with E-state index in [1.54, 1.807) is 0 Å². The highest BCUT2D eigenvalue weighted by Gasteiger charge is 2.32. The Kier molecular flexibility index (Phi) is 6.28. The van der Waals surface area contributed by atoms with E-state index in [2.05, 4.69) is 10.5 Å². The number of aromatic nitrogens is 1. The van der Waals surface area contributed by atoms with Crippen LogP contribution in [-0.2, 0) is 6.42 Å². The summed E-state index contributed by atoms with van der Waals surface area (Å²) in [6.07, 6.45) is 0.249. The molecule has 1 aliphatic heterocycles. The zero-order valence-electron chi connectivity index (χ0n) is 20.0. The molecule has 8 nitrogen and oxygen atoms in total. The first-order chi connectivity index (χ1) is 16.3. The van der Waals surface area contributed by atoms with Crippen LogP contribution in [0.5, 0.6) is 11.5 Å². The van der Waals surface area contributed by atoms with Gasteiger partial charge in [0, 0.05) is 29.8 Å². The van der Waals surface area contributed by atoms with Gasteiger partial charge in [0.25, 0.3) is 0 Å². The maximum absolute atomic E-state index is 15.3. The van der Waals surface area contributed by atoms with Gasteiger partial charge < -0.3 is 19.3 Å². The van der Waals surface area contributed by atoms with Crippen molar-refractivity contribution in [3.63, 3.8) is 0 Å². The third-order valence-corrected chi connectivity index (χ3v) is 5.99. The summed E-state index contributed by atoms with van der Waals surface area (Å²) in [6, 6.07) is 8.11. The maximum atomic E-state index is 15.3. The SMILES string of the molecule is CNC(=O)N1N=C(c2ccc(-c3c(C)noc3C)cc2)c2c(c(F)cc(OC)c2OC)CC1C. The molecule has 0 fully saturated rings. The summed E-state index contributed by atoms with van der Waals surface area (Å²) in [5.41, 5.74) is 4.59. The number of fused-ring (bicyclic) bond motifs is 1. The van der Waals surface area contributed by atoms with Crippen molar-refractivity contribution in [2.45, 2.75) is 33.2 Å². The summed E-state index contributed by atoms with van der Waals surface area (Å²) in [7, 11) is 4.49. The quantitative estimate of drug-likeness (QED) is 0.614. The Hall–Kier alpha value is -3.88. The predicted octanol–water partition coefficient (Wildman–Crippen LogP) is 4.45. The molecule has 0 radical (unpaired) electrons. The van der Waals surface area contributed by atoms with E-state index in [1.807, 2.05) is 45.0 Å². The van der Waals surface area contributed by atoms with Crippen LogP contribution in [-0.4, -0.2) is 49.2 Å². The summed E-state index contributed by atoms with van der Waals surface area (Å²) >= 11 is 0. The Morgan fingerprint density at radius 2 is 1.82 bits per heavy atom. The van der Waals surface area contributed by atoms with Gasteiger partial charge in [0.2, 0.25) is 0 Å². The maximum Gasteiger partial charge on any atom is 0.337 e. The van der Waals surface area contributed by atoms with Gasteiger partial charge in [0.1, 0.15) is 17.3 Å². The van der Waals surface area contributed by atoms with Crippen molar-refractivity contribution in [1.29, 1.82) is 0 Å². The first-order valence-corrected chi connectivity index (χ1v) is 10.9. The van der Waals surface area contributed by atoms with Crippen LogP contribution in [0.25, 0.3) is 11.1 Å². The van der Waals surface area contributed by atoms with Crippen molar-refractivity contribution < 1.29 is 23.2 Å². The molecule has 0 saturated heterocycles. The Morgan fingerprint density at radius 1 is 1.15 bits per heavy atom. The Balaban J connectivity index is 1.95. The fourth-order valence-corrected chi connectivity index (χ4v) is 4.34. The van der Waals surface area contributed by atoms with Crippen molar-refractivity contribution >= 4 is 11.7 Å². The summed E-state index contributed by atoms with van der Waals surface area (Å²) in [6.45, 7) is 5.56. The number of ether oxygens (including phenoxy) is 2. The van der Waals surface area contributed by atoms with E-state index >= 15 is 4.39 Å². The lowest BCUT2D eigenvalue weighted by atomic mass is 9.92.